The molecule has 0 saturated heterocycles. The van der Waals surface area contributed by atoms with Crippen LogP contribution in [-0.4, -0.2) is 6.21 Å². The van der Waals surface area contributed by atoms with Crippen LogP contribution in [0.25, 0.3) is 0 Å². The second-order valence-electron chi connectivity index (χ2n) is 2.33. The molecule has 1 unspecified atom stereocenters. The number of hydrogen-bond donors (Lipinski definition) is 3. The van der Waals surface area contributed by atoms with E-state index in [2.05, 4.69) is 27.1 Å². The summed E-state index contributed by atoms with van der Waals surface area (Å²) in [5.74, 6) is -0.414. The normalized spacial score (nSPS) is 10.6. The SMILES string of the molecule is N=Cc1cc(N)cc(F)c1NPI. The predicted octanol–water partition coefficient (Wildman–Crippen LogP) is 2.76. The first kappa shape index (κ1) is 10.7. The van der Waals surface area contributed by atoms with Crippen molar-refractivity contribution < 1.29 is 4.39 Å². The number of hydrogen-bond acceptors (Lipinski definition) is 3. The Morgan fingerprint density at radius 1 is 1.62 bits per heavy atom. The zero-order valence-corrected chi connectivity index (χ0v) is 9.72. The van der Waals surface area contributed by atoms with E-state index in [1.54, 1.807) is 6.07 Å². The maximum absolute atomic E-state index is 13.2. The van der Waals surface area contributed by atoms with Gasteiger partial charge in [0.25, 0.3) is 0 Å². The maximum Gasteiger partial charge on any atom is 0.149 e. The number of nitrogens with one attached hydrogen (secondary N) is 2. The molecule has 0 radical (unpaired) electrons. The van der Waals surface area contributed by atoms with Crippen LogP contribution in [-0.2, 0) is 0 Å². The van der Waals surface area contributed by atoms with Gasteiger partial charge < -0.3 is 16.2 Å². The third kappa shape index (κ3) is 2.51. The second kappa shape index (κ2) is 4.72. The molecule has 0 spiro atoms. The lowest BCUT2D eigenvalue weighted by Gasteiger charge is -2.08. The highest BCUT2D eigenvalue weighted by Gasteiger charge is 2.07. The highest BCUT2D eigenvalue weighted by Crippen LogP contribution is 2.29. The molecule has 0 bridgehead atoms. The van der Waals surface area contributed by atoms with Crippen LogP contribution in [0.4, 0.5) is 15.8 Å². The molecule has 0 aliphatic carbocycles. The first-order valence-electron chi connectivity index (χ1n) is 3.40. The minimum Gasteiger partial charge on any atom is -0.399 e. The summed E-state index contributed by atoms with van der Waals surface area (Å²) >= 11 is 2.09. The van der Waals surface area contributed by atoms with E-state index >= 15 is 0 Å². The fourth-order valence-corrected chi connectivity index (χ4v) is 2.11. The van der Waals surface area contributed by atoms with E-state index in [1.165, 1.54) is 6.07 Å². The van der Waals surface area contributed by atoms with Crippen molar-refractivity contribution in [2.45, 2.75) is 0 Å². The fraction of sp³-hybridized carbons (Fsp3) is 0. The average molecular weight is 311 g/mol. The Bertz CT molecular complexity index is 332. The van der Waals surface area contributed by atoms with Gasteiger partial charge in [-0.3, -0.25) is 0 Å². The second-order valence-corrected chi connectivity index (χ2v) is 4.39. The molecule has 13 heavy (non-hydrogen) atoms. The van der Waals surface area contributed by atoms with E-state index in [0.717, 1.165) is 6.21 Å². The molecular formula is C7H8FIN3P. The number of nitrogens with two attached hydrogens (primary N) is 1. The van der Waals surface area contributed by atoms with Gasteiger partial charge in [-0.2, -0.15) is 0 Å². The van der Waals surface area contributed by atoms with E-state index < -0.39 is 5.82 Å². The largest absolute Gasteiger partial charge is 0.399 e. The van der Waals surface area contributed by atoms with Crippen LogP contribution in [0.5, 0.6) is 0 Å². The van der Waals surface area contributed by atoms with E-state index in [0.29, 0.717) is 23.3 Å². The average Bonchev–Trinajstić information content (AvgIpc) is 2.09. The van der Waals surface area contributed by atoms with Crippen molar-refractivity contribution in [3.05, 3.63) is 23.5 Å². The van der Waals surface area contributed by atoms with Gasteiger partial charge in [-0.15, -0.1) is 0 Å². The van der Waals surface area contributed by atoms with Crippen LogP contribution in [0.2, 0.25) is 0 Å². The van der Waals surface area contributed by atoms with Gasteiger partial charge in [-0.25, -0.2) is 4.39 Å². The summed E-state index contributed by atoms with van der Waals surface area (Å²) < 4.78 is 13.2. The zero-order valence-electron chi connectivity index (χ0n) is 6.57. The van der Waals surface area contributed by atoms with Gasteiger partial charge in [0.1, 0.15) is 5.82 Å². The Morgan fingerprint density at radius 3 is 2.85 bits per heavy atom. The summed E-state index contributed by atoms with van der Waals surface area (Å²) in [5.41, 5.74) is 6.58. The smallest absolute Gasteiger partial charge is 0.149 e. The van der Waals surface area contributed by atoms with Crippen LogP contribution in [0.15, 0.2) is 12.1 Å². The van der Waals surface area contributed by atoms with Crippen LogP contribution < -0.4 is 10.8 Å². The lowest BCUT2D eigenvalue weighted by molar-refractivity contribution is 0.633. The molecule has 3 nitrogen and oxygen atoms in total. The number of rotatable bonds is 3. The van der Waals surface area contributed by atoms with Gasteiger partial charge in [0.15, 0.2) is 0 Å². The lowest BCUT2D eigenvalue weighted by Crippen LogP contribution is -1.97. The molecule has 1 aromatic rings. The van der Waals surface area contributed by atoms with Crippen LogP contribution in [0.3, 0.4) is 0 Å². The van der Waals surface area contributed by atoms with Crippen molar-refractivity contribution >= 4 is 46.0 Å². The molecule has 6 heteroatoms. The molecule has 0 fully saturated rings. The molecule has 0 heterocycles. The van der Waals surface area contributed by atoms with Gasteiger partial charge >= 0.3 is 0 Å². The number of nitrogen functional groups attached to an aromatic ring is 1. The maximum atomic E-state index is 13.2. The molecule has 0 aliphatic rings. The summed E-state index contributed by atoms with van der Waals surface area (Å²) in [7, 11) is 0. The zero-order chi connectivity index (χ0) is 9.84. The summed E-state index contributed by atoms with van der Waals surface area (Å²) in [5, 5.41) is 9.92. The summed E-state index contributed by atoms with van der Waals surface area (Å²) in [4.78, 5) is 0. The van der Waals surface area contributed by atoms with E-state index in [9.17, 15) is 4.39 Å². The van der Waals surface area contributed by atoms with Crippen LogP contribution in [0.1, 0.15) is 5.56 Å². The van der Waals surface area contributed by atoms with Gasteiger partial charge in [0.2, 0.25) is 0 Å². The quantitative estimate of drug-likeness (QED) is 0.348. The molecule has 0 amide bonds. The van der Waals surface area contributed by atoms with Crippen molar-refractivity contribution in [1.82, 2.24) is 0 Å². The van der Waals surface area contributed by atoms with Gasteiger partial charge in [0, 0.05) is 23.8 Å². The van der Waals surface area contributed by atoms with E-state index in [1.807, 2.05) is 0 Å². The molecule has 0 aliphatic heterocycles. The number of halogens is 2. The lowest BCUT2D eigenvalue weighted by atomic mass is 10.1. The fourth-order valence-electron chi connectivity index (χ4n) is 0.943. The summed E-state index contributed by atoms with van der Waals surface area (Å²) in [6, 6.07) is 2.81. The molecule has 1 atom stereocenters. The molecule has 0 saturated carbocycles. The van der Waals surface area contributed by atoms with Crippen molar-refractivity contribution in [2.75, 3.05) is 10.8 Å². The molecule has 1 rings (SSSR count). The third-order valence-electron chi connectivity index (χ3n) is 1.47. The standard InChI is InChI=1S/C7H8FIN3P/c8-6-2-5(11)1-4(3-10)7(6)12-13-9/h1-3,10,12-13H,11H2. The monoisotopic (exact) mass is 311 g/mol. The van der Waals surface area contributed by atoms with E-state index in [-0.39, 0.29) is 0 Å². The van der Waals surface area contributed by atoms with E-state index in [4.69, 9.17) is 11.1 Å². The molecule has 0 aromatic heterocycles. The van der Waals surface area contributed by atoms with Gasteiger partial charge in [-0.05, 0) is 34.2 Å². The molecule has 4 N–H and O–H groups in total. The first-order chi connectivity index (χ1) is 6.19. The Morgan fingerprint density at radius 2 is 2.31 bits per heavy atom. The van der Waals surface area contributed by atoms with Gasteiger partial charge in [0.05, 0.1) is 5.69 Å². The number of anilines is 2. The minimum atomic E-state index is -0.414. The molecular weight excluding hydrogens is 303 g/mol. The summed E-state index contributed by atoms with van der Waals surface area (Å²) in [6.45, 7) is 0. The Hall–Kier alpha value is -0.420. The van der Waals surface area contributed by atoms with Gasteiger partial charge in [-0.1, -0.05) is 0 Å². The highest BCUT2D eigenvalue weighted by molar-refractivity contribution is 14.2. The predicted molar refractivity (Wildman–Crippen MR) is 64.7 cm³/mol. The van der Waals surface area contributed by atoms with Crippen molar-refractivity contribution in [3.63, 3.8) is 0 Å². The van der Waals surface area contributed by atoms with Crippen molar-refractivity contribution in [3.8, 4) is 0 Å². The van der Waals surface area contributed by atoms with Crippen molar-refractivity contribution in [2.24, 2.45) is 0 Å². The topological polar surface area (TPSA) is 61.9 Å². The highest BCUT2D eigenvalue weighted by atomic mass is 127. The summed E-state index contributed by atoms with van der Waals surface area (Å²) in [6.07, 6.45) is 1.45. The molecule has 1 aromatic carbocycles. The minimum absolute atomic E-state index is 0.332. The Balaban J connectivity index is 3.21. The van der Waals surface area contributed by atoms with Crippen molar-refractivity contribution in [1.29, 1.82) is 5.41 Å². The van der Waals surface area contributed by atoms with Crippen LogP contribution >= 0.6 is 28.4 Å². The third-order valence-corrected chi connectivity index (χ3v) is 2.62. The first-order valence-corrected chi connectivity index (χ1v) is 7.51. The number of benzene rings is 1. The Labute approximate surface area is 90.1 Å². The van der Waals surface area contributed by atoms with Crippen LogP contribution in [0, 0.1) is 11.2 Å². The Kier molecular flexibility index (Phi) is 3.87. The molecule has 70 valence electrons.